The summed E-state index contributed by atoms with van der Waals surface area (Å²) in [6.45, 7) is 12.8. The third kappa shape index (κ3) is 7.57. The van der Waals surface area contributed by atoms with E-state index in [1.165, 1.54) is 11.1 Å². The summed E-state index contributed by atoms with van der Waals surface area (Å²) in [4.78, 5) is 0. The van der Waals surface area contributed by atoms with E-state index in [-0.39, 0.29) is 12.2 Å². The van der Waals surface area contributed by atoms with Crippen molar-refractivity contribution in [1.82, 2.24) is 0 Å². The smallest absolute Gasteiger partial charge is 0.126 e. The molecule has 1 aromatic carbocycles. The van der Waals surface area contributed by atoms with Gasteiger partial charge in [0.15, 0.2) is 0 Å². The van der Waals surface area contributed by atoms with Crippen LogP contribution in [0.3, 0.4) is 0 Å². The van der Waals surface area contributed by atoms with Gasteiger partial charge in [-0.15, -0.1) is 0 Å². The minimum atomic E-state index is -0.144. The van der Waals surface area contributed by atoms with Crippen LogP contribution >= 0.6 is 0 Å². The van der Waals surface area contributed by atoms with Gasteiger partial charge in [0.1, 0.15) is 17.1 Å². The third-order valence-corrected chi connectivity index (χ3v) is 6.64. The molecule has 0 unspecified atom stereocenters. The normalized spacial score (nSPS) is 19.9. The lowest BCUT2D eigenvalue weighted by Crippen LogP contribution is -2.36. The van der Waals surface area contributed by atoms with Gasteiger partial charge in [-0.1, -0.05) is 34.9 Å². The summed E-state index contributed by atoms with van der Waals surface area (Å²) < 4.78 is 6.47. The molecule has 3 heteroatoms. The molecule has 172 valence electrons. The molecule has 1 aliphatic heterocycles. The summed E-state index contributed by atoms with van der Waals surface area (Å²) >= 11 is 0. The second-order valence-electron chi connectivity index (χ2n) is 9.61. The quantitative estimate of drug-likeness (QED) is 0.387. The van der Waals surface area contributed by atoms with Crippen molar-refractivity contribution in [1.29, 1.82) is 0 Å². The number of aryl methyl sites for hydroxylation is 1. The van der Waals surface area contributed by atoms with Crippen LogP contribution < -0.4 is 4.74 Å². The Labute approximate surface area is 189 Å². The van der Waals surface area contributed by atoms with Crippen LogP contribution in [0.5, 0.6) is 11.5 Å². The number of allylic oxidation sites excluding steroid dienone is 5. The number of phenolic OH excluding ortho intramolecular Hbond substituents is 1. The number of hydrogen-bond acceptors (Lipinski definition) is 3. The molecule has 0 radical (unpaired) electrons. The molecular weight excluding hydrogens is 384 g/mol. The van der Waals surface area contributed by atoms with Crippen LogP contribution in [0.4, 0.5) is 0 Å². The van der Waals surface area contributed by atoms with Crippen molar-refractivity contribution in [2.24, 2.45) is 0 Å². The lowest BCUT2D eigenvalue weighted by atomic mass is 9.87. The predicted octanol–water partition coefficient (Wildman–Crippen LogP) is 7.26. The van der Waals surface area contributed by atoms with E-state index in [4.69, 9.17) is 9.84 Å². The second kappa shape index (κ2) is 11.6. The van der Waals surface area contributed by atoms with Gasteiger partial charge < -0.3 is 14.9 Å². The van der Waals surface area contributed by atoms with E-state index in [2.05, 4.69) is 39.0 Å². The van der Waals surface area contributed by atoms with Gasteiger partial charge in [-0.25, -0.2) is 0 Å². The minimum absolute atomic E-state index is 0.144. The molecule has 0 amide bonds. The number of benzene rings is 1. The van der Waals surface area contributed by atoms with Crippen LogP contribution in [0.25, 0.3) is 0 Å². The largest absolute Gasteiger partial charge is 0.508 e. The number of fused-ring (bicyclic) bond motifs is 1. The van der Waals surface area contributed by atoms with Crippen molar-refractivity contribution < 1.29 is 14.9 Å². The monoisotopic (exact) mass is 426 g/mol. The van der Waals surface area contributed by atoms with Crippen LogP contribution in [-0.2, 0) is 6.42 Å². The highest BCUT2D eigenvalue weighted by Crippen LogP contribution is 2.41. The zero-order valence-corrected chi connectivity index (χ0v) is 20.5. The fraction of sp³-hybridized carbons (Fsp3) is 0.571. The number of aliphatic hydroxyl groups is 1. The first-order chi connectivity index (χ1) is 14.6. The van der Waals surface area contributed by atoms with Gasteiger partial charge in [-0.05, 0) is 116 Å². The average Bonchev–Trinajstić information content (AvgIpc) is 2.72. The molecule has 0 fully saturated rings. The molecule has 2 N–H and O–H groups in total. The molecule has 31 heavy (non-hydrogen) atoms. The van der Waals surface area contributed by atoms with E-state index in [1.54, 1.807) is 0 Å². The van der Waals surface area contributed by atoms with E-state index < -0.39 is 0 Å². The average molecular weight is 427 g/mol. The lowest BCUT2D eigenvalue weighted by molar-refractivity contribution is 0.0560. The van der Waals surface area contributed by atoms with E-state index in [0.29, 0.717) is 5.75 Å². The number of aromatic hydroxyl groups is 1. The zero-order valence-electron chi connectivity index (χ0n) is 20.5. The summed E-state index contributed by atoms with van der Waals surface area (Å²) in [5.41, 5.74) is 6.89. The standard InChI is InChI=1S/C28H42O3/c1-20(12-8-13-22(3)19-29)10-7-11-21(2)14-9-16-28(6)17-15-25-18-26(30)23(4)24(5)27(25)31-28/h10,13-14,18,29-30H,7-9,11-12,15-17,19H2,1-6H3/t28-/m1/s1. The van der Waals surface area contributed by atoms with Crippen molar-refractivity contribution in [3.8, 4) is 11.5 Å². The minimum Gasteiger partial charge on any atom is -0.508 e. The van der Waals surface area contributed by atoms with Crippen molar-refractivity contribution >= 4 is 0 Å². The Morgan fingerprint density at radius 3 is 2.16 bits per heavy atom. The molecule has 1 atom stereocenters. The first kappa shape index (κ1) is 25.3. The molecule has 0 saturated carbocycles. The first-order valence-corrected chi connectivity index (χ1v) is 11.7. The van der Waals surface area contributed by atoms with E-state index >= 15 is 0 Å². The first-order valence-electron chi connectivity index (χ1n) is 11.7. The van der Waals surface area contributed by atoms with Crippen LogP contribution in [0.2, 0.25) is 0 Å². The van der Waals surface area contributed by atoms with E-state index in [9.17, 15) is 5.11 Å². The Balaban J connectivity index is 1.81. The van der Waals surface area contributed by atoms with Gasteiger partial charge in [0, 0.05) is 0 Å². The highest BCUT2D eigenvalue weighted by Gasteiger charge is 2.32. The SMILES string of the molecule is CC(=CCCC(C)=CCCC(C)=CCC[C@]1(C)CCc2cc(O)c(C)c(C)c2O1)CO. The van der Waals surface area contributed by atoms with Crippen LogP contribution in [0.15, 0.2) is 41.0 Å². The highest BCUT2D eigenvalue weighted by atomic mass is 16.5. The maximum absolute atomic E-state index is 10.1. The third-order valence-electron chi connectivity index (χ3n) is 6.64. The van der Waals surface area contributed by atoms with Crippen molar-refractivity contribution in [2.75, 3.05) is 6.61 Å². The number of phenols is 1. The summed E-state index contributed by atoms with van der Waals surface area (Å²) in [6.07, 6.45) is 15.1. The molecule has 1 aliphatic rings. The molecule has 2 rings (SSSR count). The Hall–Kier alpha value is -2.00. The van der Waals surface area contributed by atoms with Crippen molar-refractivity contribution in [2.45, 2.75) is 98.5 Å². The molecule has 1 heterocycles. The summed E-state index contributed by atoms with van der Waals surface area (Å²) in [5.74, 6) is 1.36. The molecule has 0 aliphatic carbocycles. The molecule has 0 saturated heterocycles. The molecule has 3 nitrogen and oxygen atoms in total. The fourth-order valence-electron chi connectivity index (χ4n) is 4.13. The topological polar surface area (TPSA) is 49.7 Å². The highest BCUT2D eigenvalue weighted by molar-refractivity contribution is 5.53. The number of ether oxygens (including phenoxy) is 1. The zero-order chi connectivity index (χ0) is 23.0. The molecular formula is C28H42O3. The van der Waals surface area contributed by atoms with Crippen molar-refractivity contribution in [3.05, 3.63) is 57.7 Å². The van der Waals surface area contributed by atoms with Crippen LogP contribution in [0, 0.1) is 13.8 Å². The lowest BCUT2D eigenvalue weighted by Gasteiger charge is -2.37. The van der Waals surface area contributed by atoms with Gasteiger partial charge in [-0.3, -0.25) is 0 Å². The predicted molar refractivity (Wildman–Crippen MR) is 131 cm³/mol. The Kier molecular flexibility index (Phi) is 9.43. The molecule has 0 spiro atoms. The Bertz CT molecular complexity index is 844. The van der Waals surface area contributed by atoms with Gasteiger partial charge in [0.2, 0.25) is 0 Å². The summed E-state index contributed by atoms with van der Waals surface area (Å²) in [5, 5.41) is 19.1. The Morgan fingerprint density at radius 2 is 1.55 bits per heavy atom. The number of hydrogen-bond donors (Lipinski definition) is 2. The molecule has 0 bridgehead atoms. The number of rotatable bonds is 10. The second-order valence-corrected chi connectivity index (χ2v) is 9.61. The van der Waals surface area contributed by atoms with Gasteiger partial charge in [0.05, 0.1) is 6.61 Å². The number of aliphatic hydroxyl groups excluding tert-OH is 1. The molecule has 1 aromatic rings. The maximum Gasteiger partial charge on any atom is 0.126 e. The molecule has 0 aromatic heterocycles. The fourth-order valence-corrected chi connectivity index (χ4v) is 4.13. The maximum atomic E-state index is 10.1. The van der Waals surface area contributed by atoms with Gasteiger partial charge in [0.25, 0.3) is 0 Å². The van der Waals surface area contributed by atoms with Crippen LogP contribution in [0.1, 0.15) is 89.3 Å². The Morgan fingerprint density at radius 1 is 0.968 bits per heavy atom. The van der Waals surface area contributed by atoms with Gasteiger partial charge >= 0.3 is 0 Å². The van der Waals surface area contributed by atoms with E-state index in [1.807, 2.05) is 26.8 Å². The van der Waals surface area contributed by atoms with Crippen LogP contribution in [-0.4, -0.2) is 22.4 Å². The summed E-state index contributed by atoms with van der Waals surface area (Å²) in [6, 6.07) is 1.88. The van der Waals surface area contributed by atoms with Gasteiger partial charge in [-0.2, -0.15) is 0 Å². The van der Waals surface area contributed by atoms with E-state index in [0.717, 1.165) is 79.4 Å². The van der Waals surface area contributed by atoms with Crippen molar-refractivity contribution in [3.63, 3.8) is 0 Å². The summed E-state index contributed by atoms with van der Waals surface area (Å²) in [7, 11) is 0.